The molecule has 0 aliphatic carbocycles. The van der Waals surface area contributed by atoms with Crippen LogP contribution in [0.3, 0.4) is 0 Å². The van der Waals surface area contributed by atoms with E-state index < -0.39 is 0 Å². The number of nitrogens with two attached hydrogens (primary N) is 1. The number of para-hydroxylation sites is 1. The Balaban J connectivity index is 2.01. The summed E-state index contributed by atoms with van der Waals surface area (Å²) in [4.78, 5) is 14.5. The second kappa shape index (κ2) is 8.36. The van der Waals surface area contributed by atoms with Crippen LogP contribution in [0.4, 0.5) is 5.69 Å². The Hall–Kier alpha value is -2.53. The number of benzene rings is 2. The monoisotopic (exact) mass is 327 g/mol. The second-order valence-electron chi connectivity index (χ2n) is 6.02. The highest BCUT2D eigenvalue weighted by atomic mass is 16.5. The van der Waals surface area contributed by atoms with Crippen LogP contribution in [0.2, 0.25) is 0 Å². The fraction of sp³-hybridized carbons (Fsp3) is 0.316. The third-order valence-electron chi connectivity index (χ3n) is 3.71. The van der Waals surface area contributed by atoms with Gasteiger partial charge in [-0.2, -0.15) is 0 Å². The van der Waals surface area contributed by atoms with Crippen LogP contribution in [-0.4, -0.2) is 38.1 Å². The minimum Gasteiger partial charge on any atom is -0.492 e. The Morgan fingerprint density at radius 3 is 2.71 bits per heavy atom. The Kier molecular flexibility index (Phi) is 6.21. The molecule has 5 nitrogen and oxygen atoms in total. The summed E-state index contributed by atoms with van der Waals surface area (Å²) in [6.07, 6.45) is 0. The number of hydrogen-bond acceptors (Lipinski definition) is 4. The molecule has 0 aliphatic rings. The van der Waals surface area contributed by atoms with Crippen molar-refractivity contribution in [2.24, 2.45) is 0 Å². The first-order chi connectivity index (χ1) is 11.5. The molecule has 0 aliphatic heterocycles. The number of amides is 1. The van der Waals surface area contributed by atoms with Crippen LogP contribution in [-0.2, 0) is 6.54 Å². The highest BCUT2D eigenvalue weighted by Gasteiger charge is 2.10. The van der Waals surface area contributed by atoms with Crippen LogP contribution < -0.4 is 15.8 Å². The third kappa shape index (κ3) is 4.99. The van der Waals surface area contributed by atoms with E-state index in [2.05, 4.69) is 10.2 Å². The van der Waals surface area contributed by atoms with Gasteiger partial charge in [0.1, 0.15) is 12.4 Å². The van der Waals surface area contributed by atoms with Crippen molar-refractivity contribution in [2.75, 3.05) is 33.0 Å². The van der Waals surface area contributed by atoms with Crippen molar-refractivity contribution in [2.45, 2.75) is 13.5 Å². The lowest BCUT2D eigenvalue weighted by Crippen LogP contribution is -2.24. The molecule has 24 heavy (non-hydrogen) atoms. The van der Waals surface area contributed by atoms with Crippen LogP contribution in [0.1, 0.15) is 21.5 Å². The molecule has 2 rings (SSSR count). The van der Waals surface area contributed by atoms with E-state index in [9.17, 15) is 4.79 Å². The Morgan fingerprint density at radius 1 is 1.21 bits per heavy atom. The number of hydrogen-bond donors (Lipinski definition) is 2. The van der Waals surface area contributed by atoms with Gasteiger partial charge >= 0.3 is 0 Å². The first kappa shape index (κ1) is 17.8. The smallest absolute Gasteiger partial charge is 0.251 e. The minimum atomic E-state index is -0.136. The third-order valence-corrected chi connectivity index (χ3v) is 3.71. The molecule has 0 fully saturated rings. The van der Waals surface area contributed by atoms with Gasteiger partial charge < -0.3 is 20.7 Å². The minimum absolute atomic E-state index is 0.136. The lowest BCUT2D eigenvalue weighted by atomic mass is 10.1. The standard InChI is InChI=1S/C19H25N3O2/c1-14-8-9-16(20)12-17(14)19(23)21-13-15-6-4-5-7-18(15)24-11-10-22(2)3/h4-9,12H,10-11,13,20H2,1-3H3,(H,21,23). The van der Waals surface area contributed by atoms with Crippen molar-refractivity contribution < 1.29 is 9.53 Å². The van der Waals surface area contributed by atoms with Crippen molar-refractivity contribution in [3.05, 3.63) is 59.2 Å². The SMILES string of the molecule is Cc1ccc(N)cc1C(=O)NCc1ccccc1OCCN(C)C. The van der Waals surface area contributed by atoms with Crippen LogP contribution in [0, 0.1) is 6.92 Å². The quantitative estimate of drug-likeness (QED) is 0.767. The van der Waals surface area contributed by atoms with E-state index in [0.29, 0.717) is 24.4 Å². The highest BCUT2D eigenvalue weighted by Crippen LogP contribution is 2.18. The van der Waals surface area contributed by atoms with Gasteiger partial charge in [-0.1, -0.05) is 24.3 Å². The van der Waals surface area contributed by atoms with Gasteiger partial charge in [0.25, 0.3) is 5.91 Å². The summed E-state index contributed by atoms with van der Waals surface area (Å²) in [5, 5.41) is 2.94. The number of ether oxygens (including phenoxy) is 1. The van der Waals surface area contributed by atoms with Crippen molar-refractivity contribution >= 4 is 11.6 Å². The van der Waals surface area contributed by atoms with Crippen molar-refractivity contribution in [3.8, 4) is 5.75 Å². The number of nitrogen functional groups attached to an aromatic ring is 1. The molecule has 2 aromatic carbocycles. The number of anilines is 1. The summed E-state index contributed by atoms with van der Waals surface area (Å²) in [7, 11) is 4.01. The molecule has 2 aromatic rings. The molecular weight excluding hydrogens is 302 g/mol. The maximum Gasteiger partial charge on any atom is 0.251 e. The number of nitrogens with one attached hydrogen (secondary N) is 1. The summed E-state index contributed by atoms with van der Waals surface area (Å²) in [5.41, 5.74) is 8.80. The van der Waals surface area contributed by atoms with Crippen molar-refractivity contribution in [1.29, 1.82) is 0 Å². The number of carbonyl (C=O) groups is 1. The summed E-state index contributed by atoms with van der Waals surface area (Å²) < 4.78 is 5.82. The molecule has 128 valence electrons. The molecule has 0 bridgehead atoms. The molecule has 0 radical (unpaired) electrons. The van der Waals surface area contributed by atoms with Gasteiger partial charge in [0.05, 0.1) is 0 Å². The van der Waals surface area contributed by atoms with E-state index >= 15 is 0 Å². The van der Waals surface area contributed by atoms with Crippen molar-refractivity contribution in [3.63, 3.8) is 0 Å². The molecule has 0 spiro atoms. The zero-order valence-corrected chi connectivity index (χ0v) is 14.5. The molecule has 0 heterocycles. The highest BCUT2D eigenvalue weighted by molar-refractivity contribution is 5.96. The van der Waals surface area contributed by atoms with Crippen LogP contribution in [0.15, 0.2) is 42.5 Å². The fourth-order valence-electron chi connectivity index (χ4n) is 2.28. The van der Waals surface area contributed by atoms with E-state index in [1.54, 1.807) is 12.1 Å². The Labute approximate surface area is 143 Å². The number of nitrogens with zero attached hydrogens (tertiary/aromatic N) is 1. The maximum absolute atomic E-state index is 12.4. The van der Waals surface area contributed by atoms with Gasteiger partial charge in [0, 0.05) is 29.9 Å². The van der Waals surface area contributed by atoms with E-state index in [-0.39, 0.29) is 5.91 Å². The number of carbonyl (C=O) groups excluding carboxylic acids is 1. The lowest BCUT2D eigenvalue weighted by molar-refractivity contribution is 0.0950. The molecule has 0 atom stereocenters. The lowest BCUT2D eigenvalue weighted by Gasteiger charge is -2.15. The van der Waals surface area contributed by atoms with Crippen LogP contribution in [0.25, 0.3) is 0 Å². The predicted octanol–water partition coefficient (Wildman–Crippen LogP) is 2.45. The summed E-state index contributed by atoms with van der Waals surface area (Å²) in [6, 6.07) is 13.1. The summed E-state index contributed by atoms with van der Waals surface area (Å²) in [5.74, 6) is 0.659. The Bertz CT molecular complexity index is 699. The van der Waals surface area contributed by atoms with Crippen molar-refractivity contribution in [1.82, 2.24) is 10.2 Å². The molecular formula is C19H25N3O2. The molecule has 0 saturated carbocycles. The average molecular weight is 327 g/mol. The summed E-state index contributed by atoms with van der Waals surface area (Å²) in [6.45, 7) is 3.74. The van der Waals surface area contributed by atoms with E-state index in [0.717, 1.165) is 23.4 Å². The number of aryl methyl sites for hydroxylation is 1. The van der Waals surface area contributed by atoms with Gasteiger partial charge in [0.2, 0.25) is 0 Å². The fourth-order valence-corrected chi connectivity index (χ4v) is 2.28. The van der Waals surface area contributed by atoms with Gasteiger partial charge in [-0.05, 0) is 44.8 Å². The van der Waals surface area contributed by atoms with E-state index in [4.69, 9.17) is 10.5 Å². The van der Waals surface area contributed by atoms with E-state index in [1.807, 2.05) is 51.4 Å². The van der Waals surface area contributed by atoms with Gasteiger partial charge in [-0.25, -0.2) is 0 Å². The predicted molar refractivity (Wildman–Crippen MR) is 97.3 cm³/mol. The van der Waals surface area contributed by atoms with Crippen LogP contribution >= 0.6 is 0 Å². The topological polar surface area (TPSA) is 67.6 Å². The van der Waals surface area contributed by atoms with Gasteiger partial charge in [0.15, 0.2) is 0 Å². The largest absolute Gasteiger partial charge is 0.492 e. The zero-order valence-electron chi connectivity index (χ0n) is 14.5. The zero-order chi connectivity index (χ0) is 17.5. The first-order valence-electron chi connectivity index (χ1n) is 7.97. The molecule has 0 aromatic heterocycles. The molecule has 0 saturated heterocycles. The van der Waals surface area contributed by atoms with Gasteiger partial charge in [-0.15, -0.1) is 0 Å². The molecule has 1 amide bonds. The average Bonchev–Trinajstić information content (AvgIpc) is 2.55. The first-order valence-corrected chi connectivity index (χ1v) is 7.97. The van der Waals surface area contributed by atoms with E-state index in [1.165, 1.54) is 0 Å². The normalized spacial score (nSPS) is 10.7. The van der Waals surface area contributed by atoms with Crippen LogP contribution in [0.5, 0.6) is 5.75 Å². The Morgan fingerprint density at radius 2 is 1.96 bits per heavy atom. The van der Waals surface area contributed by atoms with Gasteiger partial charge in [-0.3, -0.25) is 4.79 Å². The maximum atomic E-state index is 12.4. The number of likely N-dealkylation sites (N-methyl/N-ethyl adjacent to an activating group) is 1. The molecule has 5 heteroatoms. The molecule has 3 N–H and O–H groups in total. The number of rotatable bonds is 7. The summed E-state index contributed by atoms with van der Waals surface area (Å²) >= 11 is 0. The molecule has 0 unspecified atom stereocenters. The second-order valence-corrected chi connectivity index (χ2v) is 6.02.